The molecule has 0 aromatic carbocycles. The summed E-state index contributed by atoms with van der Waals surface area (Å²) >= 11 is 0. The van der Waals surface area contributed by atoms with Crippen LogP contribution < -0.4 is 0 Å². The fraction of sp³-hybridized carbons (Fsp3) is 0.714. The minimum Gasteiger partial charge on any atom is -0.463 e. The quantitative estimate of drug-likeness (QED) is 0.339. The molecule has 0 saturated heterocycles. The molecule has 1 radical (unpaired) electrons. The third kappa shape index (κ3) is 6.55. The molecule has 0 spiro atoms. The minimum absolute atomic E-state index is 0.0443. The predicted octanol–water partition coefficient (Wildman–Crippen LogP) is -0.606. The summed E-state index contributed by atoms with van der Waals surface area (Å²) in [5.74, 6) is -0.828. The minimum atomic E-state index is -3.68. The molecule has 0 saturated carbocycles. The second-order valence-corrected chi connectivity index (χ2v) is 4.11. The molecule has 0 aliphatic carbocycles. The van der Waals surface area contributed by atoms with Gasteiger partial charge in [0.05, 0.1) is 12.9 Å². The third-order valence-corrected chi connectivity index (χ3v) is 1.74. The first-order valence-corrected chi connectivity index (χ1v) is 5.58. The van der Waals surface area contributed by atoms with Crippen molar-refractivity contribution in [2.75, 3.05) is 12.9 Å². The first kappa shape index (κ1) is 13.1. The smallest absolute Gasteiger partial charge is 0.336 e. The van der Waals surface area contributed by atoms with Gasteiger partial charge in [-0.3, -0.25) is 8.98 Å². The molecular formula is C7H11O6S. The van der Waals surface area contributed by atoms with Crippen molar-refractivity contribution in [1.29, 1.82) is 0 Å². The third-order valence-electron chi connectivity index (χ3n) is 1.10. The van der Waals surface area contributed by atoms with E-state index in [0.717, 1.165) is 6.26 Å². The van der Waals surface area contributed by atoms with E-state index in [4.69, 9.17) is 0 Å². The van der Waals surface area contributed by atoms with Crippen molar-refractivity contribution in [3.63, 3.8) is 0 Å². The number of ether oxygens (including phenoxy) is 1. The number of hydrogen-bond acceptors (Lipinski definition) is 6. The van der Waals surface area contributed by atoms with E-state index in [2.05, 4.69) is 8.92 Å². The molecule has 0 rings (SSSR count). The summed E-state index contributed by atoms with van der Waals surface area (Å²) in [5, 5.41) is 0. The van der Waals surface area contributed by atoms with Gasteiger partial charge in [0, 0.05) is 6.42 Å². The van der Waals surface area contributed by atoms with Gasteiger partial charge in [0.1, 0.15) is 0 Å². The van der Waals surface area contributed by atoms with Crippen LogP contribution in [0.4, 0.5) is 0 Å². The molecule has 0 aliphatic rings. The fourth-order valence-corrected chi connectivity index (χ4v) is 1.22. The average molecular weight is 223 g/mol. The Balaban J connectivity index is 3.94. The van der Waals surface area contributed by atoms with E-state index < -0.39 is 22.2 Å². The van der Waals surface area contributed by atoms with Crippen LogP contribution in [0.3, 0.4) is 0 Å². The zero-order valence-electron chi connectivity index (χ0n) is 7.85. The fourth-order valence-electron chi connectivity index (χ4n) is 0.612. The van der Waals surface area contributed by atoms with E-state index in [9.17, 15) is 18.0 Å². The maximum Gasteiger partial charge on any atom is 0.336 e. The molecule has 0 aromatic rings. The standard InChI is InChI=1S/C7H11O6S/c1-6(13-14(2,10)11)7(9)12-5-3-4-8/h6H,3,5H2,1-2H3. The van der Waals surface area contributed by atoms with Gasteiger partial charge in [0.25, 0.3) is 10.1 Å². The van der Waals surface area contributed by atoms with E-state index in [1.54, 1.807) is 0 Å². The summed E-state index contributed by atoms with van der Waals surface area (Å²) in [5.41, 5.74) is 0. The van der Waals surface area contributed by atoms with Crippen molar-refractivity contribution in [1.82, 2.24) is 0 Å². The summed E-state index contributed by atoms with van der Waals surface area (Å²) < 4.78 is 30.0. The van der Waals surface area contributed by atoms with E-state index in [0.29, 0.717) is 0 Å². The van der Waals surface area contributed by atoms with Gasteiger partial charge < -0.3 is 4.74 Å². The van der Waals surface area contributed by atoms with Gasteiger partial charge in [0.15, 0.2) is 6.10 Å². The lowest BCUT2D eigenvalue weighted by Crippen LogP contribution is -2.26. The van der Waals surface area contributed by atoms with Crippen LogP contribution in [0.2, 0.25) is 0 Å². The maximum atomic E-state index is 11.0. The lowest BCUT2D eigenvalue weighted by molar-refractivity contribution is -0.150. The Bertz CT molecular complexity index is 293. The van der Waals surface area contributed by atoms with Gasteiger partial charge in [-0.05, 0) is 6.92 Å². The van der Waals surface area contributed by atoms with Crippen molar-refractivity contribution in [3.05, 3.63) is 0 Å². The van der Waals surface area contributed by atoms with Gasteiger partial charge >= 0.3 is 5.97 Å². The highest BCUT2D eigenvalue weighted by Gasteiger charge is 2.19. The van der Waals surface area contributed by atoms with Gasteiger partial charge in [-0.1, -0.05) is 0 Å². The molecule has 1 unspecified atom stereocenters. The van der Waals surface area contributed by atoms with Crippen LogP contribution in [-0.4, -0.2) is 39.6 Å². The highest BCUT2D eigenvalue weighted by atomic mass is 32.2. The van der Waals surface area contributed by atoms with E-state index in [1.165, 1.54) is 13.2 Å². The van der Waals surface area contributed by atoms with Crippen LogP contribution in [-0.2, 0) is 28.6 Å². The Hall–Kier alpha value is -0.950. The molecule has 81 valence electrons. The van der Waals surface area contributed by atoms with Crippen LogP contribution in [0.15, 0.2) is 0 Å². The largest absolute Gasteiger partial charge is 0.463 e. The molecule has 0 aliphatic heterocycles. The molecule has 0 fully saturated rings. The Labute approximate surface area is 82.3 Å². The molecule has 0 aromatic heterocycles. The van der Waals surface area contributed by atoms with Crippen molar-refractivity contribution >= 4 is 22.4 Å². The number of carbonyl (C=O) groups excluding carboxylic acids is 2. The maximum absolute atomic E-state index is 11.0. The molecule has 6 nitrogen and oxygen atoms in total. The summed E-state index contributed by atoms with van der Waals surface area (Å²) in [6, 6.07) is 0. The number of carbonyl (C=O) groups is 1. The van der Waals surface area contributed by atoms with E-state index >= 15 is 0 Å². The van der Waals surface area contributed by atoms with Gasteiger partial charge in [-0.2, -0.15) is 8.42 Å². The monoisotopic (exact) mass is 223 g/mol. The molecular weight excluding hydrogens is 212 g/mol. The Morgan fingerprint density at radius 2 is 2.07 bits per heavy atom. The van der Waals surface area contributed by atoms with Gasteiger partial charge in [-0.25, -0.2) is 4.79 Å². The molecule has 14 heavy (non-hydrogen) atoms. The second kappa shape index (κ2) is 5.71. The first-order chi connectivity index (χ1) is 6.37. The molecule has 0 heterocycles. The zero-order chi connectivity index (χ0) is 11.2. The SMILES string of the molecule is CC(OS(C)(=O)=O)C(=O)OCC[C]=O. The normalized spacial score (nSPS) is 13.3. The van der Waals surface area contributed by atoms with Crippen molar-refractivity contribution in [3.8, 4) is 0 Å². The Morgan fingerprint density at radius 1 is 1.50 bits per heavy atom. The number of rotatable bonds is 6. The van der Waals surface area contributed by atoms with Crippen LogP contribution >= 0.6 is 0 Å². The highest BCUT2D eigenvalue weighted by molar-refractivity contribution is 7.86. The molecule has 0 bridgehead atoms. The Morgan fingerprint density at radius 3 is 2.50 bits per heavy atom. The number of esters is 1. The summed E-state index contributed by atoms with van der Waals surface area (Å²) in [7, 11) is -3.68. The van der Waals surface area contributed by atoms with Crippen molar-refractivity contribution in [2.24, 2.45) is 0 Å². The lowest BCUT2D eigenvalue weighted by Gasteiger charge is -2.09. The molecule has 0 N–H and O–H groups in total. The average Bonchev–Trinajstić information content (AvgIpc) is 2.01. The second-order valence-electron chi connectivity index (χ2n) is 2.50. The zero-order valence-corrected chi connectivity index (χ0v) is 8.67. The summed E-state index contributed by atoms with van der Waals surface area (Å²) in [6.45, 7) is 1.12. The highest BCUT2D eigenvalue weighted by Crippen LogP contribution is 1.99. The lowest BCUT2D eigenvalue weighted by atomic mass is 10.4. The molecule has 7 heteroatoms. The number of hydrogen-bond donors (Lipinski definition) is 0. The van der Waals surface area contributed by atoms with Crippen molar-refractivity contribution in [2.45, 2.75) is 19.4 Å². The first-order valence-electron chi connectivity index (χ1n) is 3.76. The molecule has 1 atom stereocenters. The van der Waals surface area contributed by atoms with E-state index in [1.807, 2.05) is 0 Å². The van der Waals surface area contributed by atoms with Crippen LogP contribution in [0.25, 0.3) is 0 Å². The predicted molar refractivity (Wildman–Crippen MR) is 46.7 cm³/mol. The van der Waals surface area contributed by atoms with E-state index in [-0.39, 0.29) is 13.0 Å². The Kier molecular flexibility index (Phi) is 5.32. The topological polar surface area (TPSA) is 86.7 Å². The van der Waals surface area contributed by atoms with Gasteiger partial charge in [0.2, 0.25) is 6.29 Å². The van der Waals surface area contributed by atoms with Crippen LogP contribution in [0.1, 0.15) is 13.3 Å². The summed E-state index contributed by atoms with van der Waals surface area (Å²) in [4.78, 5) is 20.7. The summed E-state index contributed by atoms with van der Waals surface area (Å²) in [6.07, 6.45) is 1.11. The van der Waals surface area contributed by atoms with Crippen molar-refractivity contribution < 1.29 is 26.9 Å². The van der Waals surface area contributed by atoms with Gasteiger partial charge in [-0.15, -0.1) is 0 Å². The molecule has 0 amide bonds. The van der Waals surface area contributed by atoms with Crippen LogP contribution in [0.5, 0.6) is 0 Å². The van der Waals surface area contributed by atoms with Crippen LogP contribution in [0, 0.1) is 0 Å².